The quantitative estimate of drug-likeness (QED) is 0.176. The van der Waals surface area contributed by atoms with E-state index in [-0.39, 0.29) is 6.01 Å². The van der Waals surface area contributed by atoms with Gasteiger partial charge in [0.2, 0.25) is 29.7 Å². The molecule has 3 aliphatic heterocycles. The van der Waals surface area contributed by atoms with E-state index >= 15 is 0 Å². The normalized spacial score (nSPS) is 16.9. The van der Waals surface area contributed by atoms with E-state index in [9.17, 15) is 0 Å². The minimum atomic E-state index is 0.179. The van der Waals surface area contributed by atoms with Crippen molar-refractivity contribution in [1.29, 1.82) is 0 Å². The van der Waals surface area contributed by atoms with Gasteiger partial charge in [0.15, 0.2) is 11.5 Å². The number of hydrogen-bond donors (Lipinski definition) is 2. The molecule has 0 spiro atoms. The number of rotatable bonds is 11. The lowest BCUT2D eigenvalue weighted by atomic mass is 10.1. The molecule has 0 radical (unpaired) electrons. The van der Waals surface area contributed by atoms with Crippen LogP contribution in [-0.4, -0.2) is 109 Å². The molecule has 3 aliphatic rings. The van der Waals surface area contributed by atoms with Gasteiger partial charge in [-0.1, -0.05) is 18.2 Å². The topological polar surface area (TPSA) is 160 Å². The summed E-state index contributed by atoms with van der Waals surface area (Å²) >= 11 is 0. The maximum absolute atomic E-state index is 6.22. The van der Waals surface area contributed by atoms with Gasteiger partial charge in [-0.15, -0.1) is 0 Å². The Hall–Kier alpha value is -5.35. The van der Waals surface area contributed by atoms with Crippen molar-refractivity contribution in [2.75, 3.05) is 98.2 Å². The molecule has 0 saturated carbocycles. The molecule has 7 rings (SSSR count). The Kier molecular flexibility index (Phi) is 10.3. The number of hydrogen-bond acceptors (Lipinski definition) is 16. The Morgan fingerprint density at radius 1 is 0.673 bits per heavy atom. The van der Waals surface area contributed by atoms with Crippen molar-refractivity contribution in [2.45, 2.75) is 19.3 Å². The molecule has 2 aromatic heterocycles. The number of methoxy groups -OCH3 is 1. The van der Waals surface area contributed by atoms with E-state index in [0.717, 1.165) is 37.2 Å². The highest BCUT2D eigenvalue weighted by atomic mass is 16.5. The molecule has 16 heteroatoms. The number of morpholine rings is 2. The van der Waals surface area contributed by atoms with Gasteiger partial charge in [-0.25, -0.2) is 5.43 Å². The first-order chi connectivity index (χ1) is 24.2. The predicted molar refractivity (Wildman–Crippen MR) is 186 cm³/mol. The van der Waals surface area contributed by atoms with Crippen LogP contribution in [0, 0.1) is 0 Å². The van der Waals surface area contributed by atoms with Gasteiger partial charge in [-0.05, 0) is 55.2 Å². The molecule has 0 amide bonds. The zero-order chi connectivity index (χ0) is 33.3. The number of aromatic nitrogens is 6. The minimum absolute atomic E-state index is 0.179. The molecule has 2 N–H and O–H groups in total. The molecule has 0 atom stereocenters. The lowest BCUT2D eigenvalue weighted by Crippen LogP contribution is -2.40. The molecular weight excluding hydrogens is 628 g/mol. The van der Waals surface area contributed by atoms with Crippen LogP contribution in [0.25, 0.3) is 0 Å². The smallest absolute Gasteiger partial charge is 0.328 e. The number of piperidine rings is 1. The third kappa shape index (κ3) is 8.39. The SMILES string of the molecule is COc1cc(/C=N\Nc2nc(Nc3ccccc3)nc(N3CCCCC3)n2)ccc1Oc1nc(N2CCOCC2)nc(N2CCOCC2)n1. The van der Waals surface area contributed by atoms with Gasteiger partial charge in [0, 0.05) is 45.0 Å². The summed E-state index contributed by atoms with van der Waals surface area (Å²) in [4.78, 5) is 34.3. The van der Waals surface area contributed by atoms with Crippen molar-refractivity contribution in [3.63, 3.8) is 0 Å². The third-order valence-electron chi connectivity index (χ3n) is 8.24. The molecule has 3 saturated heterocycles. The second kappa shape index (κ2) is 15.7. The van der Waals surface area contributed by atoms with E-state index in [2.05, 4.69) is 55.5 Å². The summed E-state index contributed by atoms with van der Waals surface area (Å²) in [5.74, 6) is 3.43. The highest BCUT2D eigenvalue weighted by Crippen LogP contribution is 2.32. The van der Waals surface area contributed by atoms with Crippen molar-refractivity contribution < 1.29 is 18.9 Å². The van der Waals surface area contributed by atoms with Gasteiger partial charge in [0.25, 0.3) is 0 Å². The number of benzene rings is 2. The number of nitrogens with zero attached hydrogens (tertiary/aromatic N) is 10. The van der Waals surface area contributed by atoms with Gasteiger partial charge in [-0.2, -0.15) is 35.0 Å². The van der Waals surface area contributed by atoms with Crippen molar-refractivity contribution in [1.82, 2.24) is 29.9 Å². The summed E-state index contributed by atoms with van der Waals surface area (Å²) in [5, 5.41) is 7.70. The molecule has 3 fully saturated rings. The van der Waals surface area contributed by atoms with Gasteiger partial charge < -0.3 is 39.0 Å². The average Bonchev–Trinajstić information content (AvgIpc) is 3.16. The fourth-order valence-electron chi connectivity index (χ4n) is 5.66. The van der Waals surface area contributed by atoms with E-state index in [1.807, 2.05) is 42.5 Å². The fourth-order valence-corrected chi connectivity index (χ4v) is 5.66. The van der Waals surface area contributed by atoms with Crippen molar-refractivity contribution >= 4 is 41.6 Å². The maximum atomic E-state index is 6.22. The van der Waals surface area contributed by atoms with E-state index in [0.29, 0.717) is 93.8 Å². The Balaban J connectivity index is 1.08. The van der Waals surface area contributed by atoms with Gasteiger partial charge in [0.05, 0.1) is 39.8 Å². The van der Waals surface area contributed by atoms with Gasteiger partial charge in [-0.3, -0.25) is 0 Å². The summed E-state index contributed by atoms with van der Waals surface area (Å²) in [5.41, 5.74) is 4.63. The zero-order valence-electron chi connectivity index (χ0n) is 27.5. The van der Waals surface area contributed by atoms with E-state index < -0.39 is 0 Å². The number of para-hydroxylation sites is 1. The summed E-state index contributed by atoms with van der Waals surface area (Å²) in [6.45, 7) is 6.99. The minimum Gasteiger partial charge on any atom is -0.493 e. The number of ether oxygens (including phenoxy) is 4. The average molecular weight is 669 g/mol. The van der Waals surface area contributed by atoms with Crippen molar-refractivity contribution in [3.8, 4) is 17.5 Å². The van der Waals surface area contributed by atoms with Gasteiger partial charge >= 0.3 is 6.01 Å². The van der Waals surface area contributed by atoms with Crippen LogP contribution in [0.4, 0.5) is 35.4 Å². The molecule has 2 aromatic carbocycles. The van der Waals surface area contributed by atoms with Crippen LogP contribution in [0.15, 0.2) is 53.6 Å². The van der Waals surface area contributed by atoms with E-state index in [1.165, 1.54) is 6.42 Å². The first-order valence-corrected chi connectivity index (χ1v) is 16.6. The largest absolute Gasteiger partial charge is 0.493 e. The van der Waals surface area contributed by atoms with E-state index in [1.54, 1.807) is 19.4 Å². The molecule has 0 unspecified atom stereocenters. The Morgan fingerprint density at radius 3 is 1.98 bits per heavy atom. The first kappa shape index (κ1) is 32.2. The highest BCUT2D eigenvalue weighted by Gasteiger charge is 2.22. The third-order valence-corrected chi connectivity index (χ3v) is 8.24. The molecule has 5 heterocycles. The molecular formula is C33H40N12O4. The maximum Gasteiger partial charge on any atom is 0.328 e. The zero-order valence-corrected chi connectivity index (χ0v) is 27.5. The van der Waals surface area contributed by atoms with Crippen LogP contribution in [0.5, 0.6) is 17.5 Å². The van der Waals surface area contributed by atoms with Crippen LogP contribution in [0.2, 0.25) is 0 Å². The van der Waals surface area contributed by atoms with Crippen LogP contribution in [0.3, 0.4) is 0 Å². The molecule has 16 nitrogen and oxygen atoms in total. The summed E-state index contributed by atoms with van der Waals surface area (Å²) in [6.07, 6.45) is 5.08. The lowest BCUT2D eigenvalue weighted by Gasteiger charge is -2.30. The van der Waals surface area contributed by atoms with Crippen LogP contribution < -0.4 is 34.9 Å². The summed E-state index contributed by atoms with van der Waals surface area (Å²) < 4.78 is 23.0. The predicted octanol–water partition coefficient (Wildman–Crippen LogP) is 3.71. The van der Waals surface area contributed by atoms with E-state index in [4.69, 9.17) is 23.9 Å². The Bertz CT molecular complexity index is 1680. The Morgan fingerprint density at radius 2 is 1.31 bits per heavy atom. The molecule has 0 bridgehead atoms. The second-order valence-electron chi connectivity index (χ2n) is 11.6. The number of hydrazone groups is 1. The first-order valence-electron chi connectivity index (χ1n) is 16.6. The molecule has 49 heavy (non-hydrogen) atoms. The summed E-state index contributed by atoms with van der Waals surface area (Å²) in [7, 11) is 1.58. The van der Waals surface area contributed by atoms with Crippen LogP contribution in [-0.2, 0) is 9.47 Å². The standard InChI is InChI=1S/C33H40N12O4/c1-46-27-22-24(23-34-42-29-36-28(35-25-8-4-2-5-9-25)37-30(38-29)43-12-6-3-7-13-43)10-11-26(27)49-33-40-31(44-14-18-47-19-15-44)39-32(41-33)45-16-20-48-21-17-45/h2,4-5,8-11,22-23H,3,6-7,12-21H2,1H3,(H2,35,36,37,38,42)/b34-23-. The van der Waals surface area contributed by atoms with Crippen molar-refractivity contribution in [3.05, 3.63) is 54.1 Å². The lowest BCUT2D eigenvalue weighted by molar-refractivity contribution is 0.121. The highest BCUT2D eigenvalue weighted by molar-refractivity contribution is 5.81. The number of nitrogens with one attached hydrogen (secondary N) is 2. The monoisotopic (exact) mass is 668 g/mol. The molecule has 256 valence electrons. The Labute approximate surface area is 284 Å². The molecule has 0 aliphatic carbocycles. The second-order valence-corrected chi connectivity index (χ2v) is 11.6. The summed E-state index contributed by atoms with van der Waals surface area (Å²) in [6, 6.07) is 15.5. The molecule has 4 aromatic rings. The van der Waals surface area contributed by atoms with Crippen LogP contribution in [0.1, 0.15) is 24.8 Å². The fraction of sp³-hybridized carbons (Fsp3) is 0.424. The van der Waals surface area contributed by atoms with Crippen molar-refractivity contribution in [2.24, 2.45) is 5.10 Å². The van der Waals surface area contributed by atoms with Crippen LogP contribution >= 0.6 is 0 Å². The van der Waals surface area contributed by atoms with Gasteiger partial charge in [0.1, 0.15) is 0 Å². The number of anilines is 6.